The van der Waals surface area contributed by atoms with Gasteiger partial charge in [-0.05, 0) is 46.5 Å². The van der Waals surface area contributed by atoms with Crippen LogP contribution < -0.4 is 4.57 Å². The van der Waals surface area contributed by atoms with Crippen LogP contribution in [0.3, 0.4) is 0 Å². The van der Waals surface area contributed by atoms with Crippen molar-refractivity contribution in [1.82, 2.24) is 0 Å². The third-order valence-corrected chi connectivity index (χ3v) is 7.44. The van der Waals surface area contributed by atoms with Gasteiger partial charge in [0.25, 0.3) is 0 Å². The molecule has 0 amide bonds. The van der Waals surface area contributed by atoms with E-state index in [9.17, 15) is 0 Å². The Balaban J connectivity index is 1.58. The number of aryl methyl sites for hydroxylation is 2. The molecule has 2 aromatic heterocycles. The summed E-state index contributed by atoms with van der Waals surface area (Å²) in [5, 5.41) is 5.29. The Morgan fingerprint density at radius 1 is 0.677 bits per heavy atom. The molecule has 0 saturated heterocycles. The van der Waals surface area contributed by atoms with Crippen LogP contribution >= 0.6 is 11.3 Å². The number of fused-ring (bicyclic) bond motifs is 5. The monoisotopic (exact) mass is 416 g/mol. The van der Waals surface area contributed by atoms with Crippen molar-refractivity contribution >= 4 is 42.3 Å². The van der Waals surface area contributed by atoms with Gasteiger partial charge in [-0.2, -0.15) is 0 Å². The second kappa shape index (κ2) is 7.04. The van der Waals surface area contributed by atoms with Gasteiger partial charge in [0.1, 0.15) is 7.05 Å². The number of hydrogen-bond donors (Lipinski definition) is 0. The molecule has 0 aliphatic heterocycles. The van der Waals surface area contributed by atoms with Crippen LogP contribution in [0.2, 0.25) is 0 Å². The molecular weight excluding hydrogens is 394 g/mol. The van der Waals surface area contributed by atoms with Gasteiger partial charge in [0, 0.05) is 26.4 Å². The third kappa shape index (κ3) is 2.95. The lowest BCUT2D eigenvalue weighted by molar-refractivity contribution is -0.659. The van der Waals surface area contributed by atoms with E-state index in [1.54, 1.807) is 0 Å². The Labute approximate surface area is 185 Å². The summed E-state index contributed by atoms with van der Waals surface area (Å²) in [6.45, 7) is 2.18. The minimum atomic E-state index is 1.26. The summed E-state index contributed by atoms with van der Waals surface area (Å²) >= 11 is 1.90. The van der Waals surface area contributed by atoms with Crippen molar-refractivity contribution in [3.05, 3.63) is 103 Å². The first-order chi connectivity index (χ1) is 15.2. The SMILES string of the molecule is Cc1ccccc1-c1cc2sc3c4ccc(-c5ccccc5)cc4ccc3c2c[n+]1C. The van der Waals surface area contributed by atoms with Crippen LogP contribution in [0.1, 0.15) is 5.56 Å². The van der Waals surface area contributed by atoms with Crippen molar-refractivity contribution in [2.75, 3.05) is 0 Å². The van der Waals surface area contributed by atoms with Gasteiger partial charge in [-0.15, -0.1) is 11.3 Å². The largest absolute Gasteiger partial charge is 0.213 e. The first-order valence-electron chi connectivity index (χ1n) is 10.6. The van der Waals surface area contributed by atoms with Gasteiger partial charge in [-0.25, -0.2) is 4.57 Å². The maximum atomic E-state index is 2.35. The van der Waals surface area contributed by atoms with E-state index in [1.165, 1.54) is 58.9 Å². The van der Waals surface area contributed by atoms with E-state index in [1.807, 2.05) is 11.3 Å². The van der Waals surface area contributed by atoms with Crippen molar-refractivity contribution in [2.24, 2.45) is 7.05 Å². The van der Waals surface area contributed by atoms with Crippen molar-refractivity contribution < 1.29 is 4.57 Å². The molecule has 148 valence electrons. The second-order valence-electron chi connectivity index (χ2n) is 8.21. The van der Waals surface area contributed by atoms with Crippen LogP contribution in [0.15, 0.2) is 97.2 Å². The minimum absolute atomic E-state index is 1.26. The molecule has 4 aromatic carbocycles. The molecule has 2 heteroatoms. The van der Waals surface area contributed by atoms with Crippen LogP contribution in [0, 0.1) is 6.92 Å². The summed E-state index contributed by atoms with van der Waals surface area (Å²) in [6, 6.07) is 33.0. The number of hydrogen-bond acceptors (Lipinski definition) is 1. The Bertz CT molecular complexity index is 1590. The van der Waals surface area contributed by atoms with Crippen LogP contribution in [0.4, 0.5) is 0 Å². The Hall–Kier alpha value is -3.49. The number of benzene rings is 4. The summed E-state index contributed by atoms with van der Waals surface area (Å²) < 4.78 is 4.97. The van der Waals surface area contributed by atoms with E-state index in [2.05, 4.69) is 116 Å². The minimum Gasteiger partial charge on any atom is -0.200 e. The topological polar surface area (TPSA) is 3.88 Å². The van der Waals surface area contributed by atoms with E-state index in [-0.39, 0.29) is 0 Å². The summed E-state index contributed by atoms with van der Waals surface area (Å²) in [5.74, 6) is 0. The molecule has 1 nitrogen and oxygen atoms in total. The lowest BCUT2D eigenvalue weighted by atomic mass is 10.00. The summed E-state index contributed by atoms with van der Waals surface area (Å²) in [6.07, 6.45) is 2.29. The van der Waals surface area contributed by atoms with E-state index in [4.69, 9.17) is 0 Å². The van der Waals surface area contributed by atoms with E-state index in [0.29, 0.717) is 0 Å². The smallest absolute Gasteiger partial charge is 0.200 e. The average Bonchev–Trinajstić information content (AvgIpc) is 3.17. The van der Waals surface area contributed by atoms with Crippen LogP contribution in [0.25, 0.3) is 53.3 Å². The third-order valence-electron chi connectivity index (χ3n) is 6.24. The van der Waals surface area contributed by atoms with Gasteiger partial charge in [0.15, 0.2) is 6.20 Å². The Morgan fingerprint density at radius 3 is 2.29 bits per heavy atom. The predicted octanol–water partition coefficient (Wildman–Crippen LogP) is 7.67. The van der Waals surface area contributed by atoms with Gasteiger partial charge in [0.05, 0.1) is 5.39 Å². The molecule has 0 saturated carbocycles. The molecule has 6 aromatic rings. The number of rotatable bonds is 2. The van der Waals surface area contributed by atoms with Crippen molar-refractivity contribution in [2.45, 2.75) is 6.92 Å². The lowest BCUT2D eigenvalue weighted by Crippen LogP contribution is -2.30. The fourth-order valence-corrected chi connectivity index (χ4v) is 5.84. The first-order valence-corrected chi connectivity index (χ1v) is 11.4. The fraction of sp³-hybridized carbons (Fsp3) is 0.0690. The molecule has 0 atom stereocenters. The first kappa shape index (κ1) is 18.3. The lowest BCUT2D eigenvalue weighted by Gasteiger charge is -2.05. The normalized spacial score (nSPS) is 11.5. The molecule has 0 radical (unpaired) electrons. The van der Waals surface area contributed by atoms with E-state index in [0.717, 1.165) is 0 Å². The molecule has 0 fully saturated rings. The van der Waals surface area contributed by atoms with Gasteiger partial charge >= 0.3 is 0 Å². The van der Waals surface area contributed by atoms with Gasteiger partial charge in [-0.3, -0.25) is 0 Å². The Morgan fingerprint density at radius 2 is 1.45 bits per heavy atom. The highest BCUT2D eigenvalue weighted by atomic mass is 32.1. The molecule has 31 heavy (non-hydrogen) atoms. The highest BCUT2D eigenvalue weighted by molar-refractivity contribution is 7.26. The molecule has 0 aliphatic rings. The van der Waals surface area contributed by atoms with Crippen molar-refractivity contribution in [1.29, 1.82) is 0 Å². The molecule has 0 spiro atoms. The summed E-state index contributed by atoms with van der Waals surface area (Å²) in [4.78, 5) is 0. The van der Waals surface area contributed by atoms with Crippen molar-refractivity contribution in [3.63, 3.8) is 0 Å². The number of aromatic nitrogens is 1. The zero-order chi connectivity index (χ0) is 20.9. The number of thiophene rings is 1. The quantitative estimate of drug-likeness (QED) is 0.255. The molecule has 0 aliphatic carbocycles. The van der Waals surface area contributed by atoms with Crippen molar-refractivity contribution in [3.8, 4) is 22.4 Å². The summed E-state index contributed by atoms with van der Waals surface area (Å²) in [7, 11) is 2.15. The fourth-order valence-electron chi connectivity index (χ4n) is 4.59. The zero-order valence-electron chi connectivity index (χ0n) is 17.6. The zero-order valence-corrected chi connectivity index (χ0v) is 18.4. The van der Waals surface area contributed by atoms with Gasteiger partial charge in [0.2, 0.25) is 5.69 Å². The van der Waals surface area contributed by atoms with Gasteiger partial charge < -0.3 is 0 Å². The van der Waals surface area contributed by atoms with Crippen LogP contribution in [-0.4, -0.2) is 0 Å². The molecule has 0 bridgehead atoms. The maximum Gasteiger partial charge on any atom is 0.213 e. The average molecular weight is 417 g/mol. The molecule has 0 unspecified atom stereocenters. The standard InChI is InChI=1S/C29H22NS/c1-19-8-6-7-11-23(19)27-17-28-26(18-30(27)2)25-15-13-22-16-21(20-9-4-3-5-10-20)12-14-24(22)29(25)31-28/h3-18H,1-2H3/q+1. The van der Waals surface area contributed by atoms with E-state index >= 15 is 0 Å². The molecule has 2 heterocycles. The molecule has 6 rings (SSSR count). The highest BCUT2D eigenvalue weighted by Crippen LogP contribution is 2.40. The van der Waals surface area contributed by atoms with E-state index < -0.39 is 0 Å². The molecule has 0 N–H and O–H groups in total. The maximum absolute atomic E-state index is 2.35. The molecular formula is C29H22NS+. The Kier molecular flexibility index (Phi) is 4.15. The van der Waals surface area contributed by atoms with Crippen LogP contribution in [-0.2, 0) is 7.05 Å². The summed E-state index contributed by atoms with van der Waals surface area (Å²) in [5.41, 5.74) is 6.38. The number of pyridine rings is 1. The highest BCUT2D eigenvalue weighted by Gasteiger charge is 2.17. The number of nitrogens with zero attached hydrogens (tertiary/aromatic N) is 1. The van der Waals surface area contributed by atoms with Crippen LogP contribution in [0.5, 0.6) is 0 Å². The second-order valence-corrected chi connectivity index (χ2v) is 9.26. The van der Waals surface area contributed by atoms with Gasteiger partial charge in [-0.1, -0.05) is 72.8 Å². The predicted molar refractivity (Wildman–Crippen MR) is 134 cm³/mol.